The van der Waals surface area contributed by atoms with Gasteiger partial charge in [0.25, 0.3) is 0 Å². The van der Waals surface area contributed by atoms with E-state index in [0.717, 1.165) is 0 Å². The molecule has 1 unspecified atom stereocenters. The third kappa shape index (κ3) is 3.70. The molecule has 0 spiro atoms. The summed E-state index contributed by atoms with van der Waals surface area (Å²) in [5.74, 6) is 0.174. The van der Waals surface area contributed by atoms with Gasteiger partial charge in [0.1, 0.15) is 11.4 Å². The number of ether oxygens (including phenoxy) is 2. The van der Waals surface area contributed by atoms with Crippen LogP contribution in [0.5, 0.6) is 5.75 Å². The van der Waals surface area contributed by atoms with E-state index in [9.17, 15) is 9.90 Å². The minimum atomic E-state index is -1.40. The van der Waals surface area contributed by atoms with E-state index < -0.39 is 11.6 Å². The molecule has 0 aliphatic heterocycles. The standard InChI is InChI=1S/C14H17IO4/c1-4-19-13(16)12(9-15)14(2,17)10-5-7-11(18-3)8-6-10/h5-9,17H,4H2,1-3H3. The van der Waals surface area contributed by atoms with Crippen molar-refractivity contribution in [3.63, 3.8) is 0 Å². The van der Waals surface area contributed by atoms with Gasteiger partial charge in [0, 0.05) is 0 Å². The van der Waals surface area contributed by atoms with Crippen LogP contribution in [-0.4, -0.2) is 24.8 Å². The van der Waals surface area contributed by atoms with Gasteiger partial charge in [-0.2, -0.15) is 0 Å². The molecule has 0 fully saturated rings. The quantitative estimate of drug-likeness (QED) is 0.488. The first kappa shape index (κ1) is 16.0. The van der Waals surface area contributed by atoms with Crippen molar-refractivity contribution in [3.8, 4) is 5.75 Å². The maximum atomic E-state index is 11.8. The predicted molar refractivity (Wildman–Crippen MR) is 81.3 cm³/mol. The van der Waals surface area contributed by atoms with Gasteiger partial charge in [-0.05, 0) is 35.6 Å². The molecule has 104 valence electrons. The summed E-state index contributed by atoms with van der Waals surface area (Å²) in [6.07, 6.45) is 0. The molecule has 0 heterocycles. The Hall–Kier alpha value is -1.08. The zero-order valence-corrected chi connectivity index (χ0v) is 13.3. The zero-order valence-electron chi connectivity index (χ0n) is 11.1. The number of aliphatic hydroxyl groups is 1. The molecule has 1 atom stereocenters. The number of methoxy groups -OCH3 is 1. The Balaban J connectivity index is 3.09. The fourth-order valence-corrected chi connectivity index (χ4v) is 2.49. The Morgan fingerprint density at radius 1 is 1.42 bits per heavy atom. The van der Waals surface area contributed by atoms with E-state index in [2.05, 4.69) is 0 Å². The van der Waals surface area contributed by atoms with Crippen LogP contribution >= 0.6 is 22.6 Å². The first-order valence-corrected chi connectivity index (χ1v) is 7.06. The van der Waals surface area contributed by atoms with Crippen LogP contribution in [0.1, 0.15) is 19.4 Å². The van der Waals surface area contributed by atoms with Crippen LogP contribution in [0, 0.1) is 0 Å². The number of hydrogen-bond acceptors (Lipinski definition) is 4. The van der Waals surface area contributed by atoms with Crippen LogP contribution in [0.25, 0.3) is 0 Å². The van der Waals surface area contributed by atoms with Crippen LogP contribution in [0.2, 0.25) is 0 Å². The van der Waals surface area contributed by atoms with E-state index in [4.69, 9.17) is 9.47 Å². The first-order valence-electron chi connectivity index (χ1n) is 5.82. The summed E-state index contributed by atoms with van der Waals surface area (Å²) in [5.41, 5.74) is -0.593. The SMILES string of the molecule is CCOC(=O)C(=CI)C(C)(O)c1ccc(OC)cc1. The van der Waals surface area contributed by atoms with Gasteiger partial charge in [0.15, 0.2) is 0 Å². The molecular weight excluding hydrogens is 359 g/mol. The van der Waals surface area contributed by atoms with E-state index in [0.29, 0.717) is 11.3 Å². The normalized spacial score (nSPS) is 14.7. The van der Waals surface area contributed by atoms with Crippen molar-refractivity contribution in [2.75, 3.05) is 13.7 Å². The van der Waals surface area contributed by atoms with Crippen LogP contribution < -0.4 is 4.74 Å². The second kappa shape index (κ2) is 6.91. The van der Waals surface area contributed by atoms with Crippen molar-refractivity contribution in [1.82, 2.24) is 0 Å². The highest BCUT2D eigenvalue weighted by Gasteiger charge is 2.33. The molecular formula is C14H17IO4. The van der Waals surface area contributed by atoms with Crippen LogP contribution in [0.4, 0.5) is 0 Å². The van der Waals surface area contributed by atoms with E-state index in [1.54, 1.807) is 49.3 Å². The molecule has 0 aliphatic rings. The van der Waals surface area contributed by atoms with Gasteiger partial charge in [0.05, 0.1) is 19.3 Å². The van der Waals surface area contributed by atoms with Crippen LogP contribution in [-0.2, 0) is 15.1 Å². The number of hydrogen-bond donors (Lipinski definition) is 1. The summed E-state index contributed by atoms with van der Waals surface area (Å²) in [6, 6.07) is 6.91. The monoisotopic (exact) mass is 376 g/mol. The smallest absolute Gasteiger partial charge is 0.337 e. The van der Waals surface area contributed by atoms with Gasteiger partial charge >= 0.3 is 5.97 Å². The Morgan fingerprint density at radius 2 is 2.00 bits per heavy atom. The molecule has 1 aromatic carbocycles. The maximum absolute atomic E-state index is 11.8. The van der Waals surface area contributed by atoms with E-state index in [1.165, 1.54) is 0 Å². The average Bonchev–Trinajstić information content (AvgIpc) is 2.39. The fourth-order valence-electron chi connectivity index (χ4n) is 1.63. The molecule has 5 heteroatoms. The molecule has 0 aromatic heterocycles. The highest BCUT2D eigenvalue weighted by atomic mass is 127. The Bertz CT molecular complexity index is 463. The van der Waals surface area contributed by atoms with Gasteiger partial charge in [-0.3, -0.25) is 0 Å². The molecule has 0 radical (unpaired) electrons. The van der Waals surface area contributed by atoms with Gasteiger partial charge in [-0.1, -0.05) is 34.7 Å². The lowest BCUT2D eigenvalue weighted by Gasteiger charge is -2.25. The average molecular weight is 376 g/mol. The fraction of sp³-hybridized carbons (Fsp3) is 0.357. The molecule has 0 aliphatic carbocycles. The lowest BCUT2D eigenvalue weighted by atomic mass is 9.89. The van der Waals surface area contributed by atoms with Crippen LogP contribution in [0.3, 0.4) is 0 Å². The minimum Gasteiger partial charge on any atom is -0.497 e. The van der Waals surface area contributed by atoms with E-state index in [-0.39, 0.29) is 12.2 Å². The molecule has 0 saturated heterocycles. The number of carbonyl (C=O) groups is 1. The molecule has 1 N–H and O–H groups in total. The van der Waals surface area contributed by atoms with Crippen molar-refractivity contribution >= 4 is 28.6 Å². The Morgan fingerprint density at radius 3 is 2.42 bits per heavy atom. The van der Waals surface area contributed by atoms with E-state index in [1.807, 2.05) is 22.6 Å². The number of benzene rings is 1. The molecule has 1 rings (SSSR count). The Kier molecular flexibility index (Phi) is 5.81. The third-order valence-electron chi connectivity index (χ3n) is 2.78. The van der Waals surface area contributed by atoms with Crippen molar-refractivity contribution in [2.45, 2.75) is 19.4 Å². The molecule has 0 saturated carbocycles. The van der Waals surface area contributed by atoms with Gasteiger partial charge in [-0.25, -0.2) is 4.79 Å². The van der Waals surface area contributed by atoms with Crippen molar-refractivity contribution in [3.05, 3.63) is 39.5 Å². The summed E-state index contributed by atoms with van der Waals surface area (Å²) in [6.45, 7) is 3.56. The van der Waals surface area contributed by atoms with Gasteiger partial charge in [0.2, 0.25) is 0 Å². The minimum absolute atomic E-state index is 0.208. The number of carbonyl (C=O) groups excluding carboxylic acids is 1. The summed E-state index contributed by atoms with van der Waals surface area (Å²) >= 11 is 1.92. The summed E-state index contributed by atoms with van der Waals surface area (Å²) in [4.78, 5) is 11.8. The molecule has 1 aromatic rings. The van der Waals surface area contributed by atoms with Crippen LogP contribution in [0.15, 0.2) is 33.9 Å². The summed E-state index contributed by atoms with van der Waals surface area (Å²) in [7, 11) is 1.57. The number of halogens is 1. The molecule has 0 bridgehead atoms. The topological polar surface area (TPSA) is 55.8 Å². The molecule has 4 nitrogen and oxygen atoms in total. The maximum Gasteiger partial charge on any atom is 0.337 e. The Labute approximate surface area is 126 Å². The highest BCUT2D eigenvalue weighted by molar-refractivity contribution is 14.1. The first-order chi connectivity index (χ1) is 8.97. The molecule has 19 heavy (non-hydrogen) atoms. The lowest BCUT2D eigenvalue weighted by Crippen LogP contribution is -2.29. The van der Waals surface area contributed by atoms with Crippen molar-refractivity contribution < 1.29 is 19.4 Å². The van der Waals surface area contributed by atoms with Gasteiger partial charge in [-0.15, -0.1) is 0 Å². The summed E-state index contributed by atoms with van der Waals surface area (Å²) < 4.78 is 11.6. The second-order valence-corrected chi connectivity index (χ2v) is 4.67. The predicted octanol–water partition coefficient (Wildman–Crippen LogP) is 2.78. The second-order valence-electron chi connectivity index (χ2n) is 4.04. The zero-order chi connectivity index (χ0) is 14.5. The van der Waals surface area contributed by atoms with E-state index >= 15 is 0 Å². The number of rotatable bonds is 5. The van der Waals surface area contributed by atoms with Crippen molar-refractivity contribution in [1.29, 1.82) is 0 Å². The largest absolute Gasteiger partial charge is 0.497 e. The number of esters is 1. The summed E-state index contributed by atoms with van der Waals surface area (Å²) in [5, 5.41) is 10.6. The van der Waals surface area contributed by atoms with Gasteiger partial charge < -0.3 is 14.6 Å². The lowest BCUT2D eigenvalue weighted by molar-refractivity contribution is -0.141. The third-order valence-corrected chi connectivity index (χ3v) is 3.40. The van der Waals surface area contributed by atoms with Crippen molar-refractivity contribution in [2.24, 2.45) is 0 Å². The molecule has 0 amide bonds. The highest BCUT2D eigenvalue weighted by Crippen LogP contribution is 2.31.